The lowest BCUT2D eigenvalue weighted by molar-refractivity contribution is -0.128. The fourth-order valence-electron chi connectivity index (χ4n) is 4.14. The molecular weight excluding hydrogens is 406 g/mol. The summed E-state index contributed by atoms with van der Waals surface area (Å²) in [5.41, 5.74) is 2.34. The summed E-state index contributed by atoms with van der Waals surface area (Å²) in [6.45, 7) is 7.38. The molecule has 7 nitrogen and oxygen atoms in total. The summed E-state index contributed by atoms with van der Waals surface area (Å²) in [5, 5.41) is 3.04. The molecule has 1 fully saturated rings. The minimum atomic E-state index is -0.748. The second-order valence-electron chi connectivity index (χ2n) is 8.16. The average Bonchev–Trinajstić information content (AvgIpc) is 2.86. The fraction of sp³-hybridized carbons (Fsp3) is 0.440. The number of carbonyl (C=O) groups is 2. The molecular formula is C25H31N3O4. The van der Waals surface area contributed by atoms with Crippen LogP contribution in [0.15, 0.2) is 48.5 Å². The highest BCUT2D eigenvalue weighted by Crippen LogP contribution is 2.34. The highest BCUT2D eigenvalue weighted by Gasteiger charge is 2.34. The fourth-order valence-corrected chi connectivity index (χ4v) is 4.14. The molecule has 1 atom stereocenters. The number of nitrogens with zero attached hydrogens (tertiary/aromatic N) is 2. The van der Waals surface area contributed by atoms with Crippen LogP contribution < -0.4 is 19.9 Å². The Hall–Kier alpha value is -3.06. The molecule has 0 aliphatic carbocycles. The molecule has 0 spiro atoms. The Kier molecular flexibility index (Phi) is 6.95. The van der Waals surface area contributed by atoms with Crippen molar-refractivity contribution in [3.63, 3.8) is 0 Å². The van der Waals surface area contributed by atoms with Crippen molar-refractivity contribution in [3.8, 4) is 5.75 Å². The van der Waals surface area contributed by atoms with Crippen LogP contribution in [0.4, 0.5) is 11.4 Å². The predicted molar refractivity (Wildman–Crippen MR) is 125 cm³/mol. The molecule has 0 bridgehead atoms. The molecule has 4 rings (SSSR count). The number of morpholine rings is 1. The van der Waals surface area contributed by atoms with E-state index < -0.39 is 6.10 Å². The molecule has 170 valence electrons. The van der Waals surface area contributed by atoms with E-state index in [4.69, 9.17) is 9.47 Å². The first-order chi connectivity index (χ1) is 15.6. The molecule has 7 heteroatoms. The second-order valence-corrected chi connectivity index (χ2v) is 8.16. The smallest absolute Gasteiger partial charge is 0.263 e. The molecule has 2 amide bonds. The van der Waals surface area contributed by atoms with Crippen molar-refractivity contribution in [2.45, 2.75) is 38.8 Å². The summed E-state index contributed by atoms with van der Waals surface area (Å²) in [6.07, 6.45) is 0.954. The van der Waals surface area contributed by atoms with Gasteiger partial charge in [0.25, 0.3) is 11.8 Å². The van der Waals surface area contributed by atoms with Crippen molar-refractivity contribution in [2.75, 3.05) is 42.6 Å². The zero-order valence-electron chi connectivity index (χ0n) is 18.8. The number of ether oxygens (including phenoxy) is 2. The number of anilines is 2. The van der Waals surface area contributed by atoms with Crippen LogP contribution in [-0.2, 0) is 9.53 Å². The summed E-state index contributed by atoms with van der Waals surface area (Å²) in [6, 6.07) is 15.1. The third-order valence-corrected chi connectivity index (χ3v) is 6.13. The first-order valence-electron chi connectivity index (χ1n) is 11.4. The van der Waals surface area contributed by atoms with Gasteiger partial charge in [-0.3, -0.25) is 9.59 Å². The molecule has 2 aromatic rings. The third kappa shape index (κ3) is 4.72. The van der Waals surface area contributed by atoms with E-state index >= 15 is 0 Å². The zero-order valence-corrected chi connectivity index (χ0v) is 18.8. The molecule has 2 aromatic carbocycles. The molecule has 2 heterocycles. The second kappa shape index (κ2) is 10.0. The number of nitrogens with one attached hydrogen (secondary N) is 1. The van der Waals surface area contributed by atoms with Crippen LogP contribution in [0.2, 0.25) is 0 Å². The van der Waals surface area contributed by atoms with E-state index in [9.17, 15) is 9.59 Å². The van der Waals surface area contributed by atoms with E-state index in [2.05, 4.69) is 10.2 Å². The maximum absolute atomic E-state index is 13.5. The third-order valence-electron chi connectivity index (χ3n) is 6.13. The molecule has 2 aliphatic heterocycles. The number of benzene rings is 2. The molecule has 2 aliphatic rings. The Morgan fingerprint density at radius 2 is 1.72 bits per heavy atom. The number of hydrogen-bond donors (Lipinski definition) is 1. The summed E-state index contributed by atoms with van der Waals surface area (Å²) in [7, 11) is 0. The van der Waals surface area contributed by atoms with Crippen molar-refractivity contribution in [2.24, 2.45) is 0 Å². The van der Waals surface area contributed by atoms with E-state index in [1.54, 1.807) is 11.0 Å². The van der Waals surface area contributed by atoms with Crippen LogP contribution in [0, 0.1) is 0 Å². The first kappa shape index (κ1) is 22.1. The van der Waals surface area contributed by atoms with Crippen molar-refractivity contribution in [1.82, 2.24) is 5.32 Å². The molecule has 1 saturated heterocycles. The van der Waals surface area contributed by atoms with Crippen LogP contribution in [0.3, 0.4) is 0 Å². The maximum atomic E-state index is 13.5. The topological polar surface area (TPSA) is 71.1 Å². The molecule has 0 aromatic heterocycles. The normalized spacial score (nSPS) is 18.2. The summed E-state index contributed by atoms with van der Waals surface area (Å²) < 4.78 is 11.4. The van der Waals surface area contributed by atoms with Gasteiger partial charge in [-0.15, -0.1) is 0 Å². The van der Waals surface area contributed by atoms with Gasteiger partial charge >= 0.3 is 0 Å². The first-order valence-corrected chi connectivity index (χ1v) is 11.4. The van der Waals surface area contributed by atoms with Crippen LogP contribution >= 0.6 is 0 Å². The number of fused-ring (bicyclic) bond motifs is 1. The Balaban J connectivity index is 1.54. The standard InChI is InChI=1S/C25H31N3O4/c1-3-19(4-2)26-24(29)23-17-28(21-7-5-6-8-22(21)32-23)25(30)18-9-11-20(12-10-18)27-13-15-31-16-14-27/h5-12,19,23H,3-4,13-17H2,1-2H3,(H,26,29). The van der Waals surface area contributed by atoms with Crippen molar-refractivity contribution >= 4 is 23.2 Å². The van der Waals surface area contributed by atoms with Gasteiger partial charge in [0.05, 0.1) is 25.4 Å². The average molecular weight is 438 g/mol. The van der Waals surface area contributed by atoms with Gasteiger partial charge in [0.15, 0.2) is 6.10 Å². The highest BCUT2D eigenvalue weighted by molar-refractivity contribution is 6.08. The molecule has 1 N–H and O–H groups in total. The van der Waals surface area contributed by atoms with Crippen LogP contribution in [0.25, 0.3) is 0 Å². The van der Waals surface area contributed by atoms with E-state index in [1.165, 1.54) is 0 Å². The highest BCUT2D eigenvalue weighted by atomic mass is 16.5. The Morgan fingerprint density at radius 3 is 2.41 bits per heavy atom. The number of rotatable bonds is 6. The summed E-state index contributed by atoms with van der Waals surface area (Å²) in [4.78, 5) is 30.2. The van der Waals surface area contributed by atoms with Gasteiger partial charge in [0, 0.05) is 30.4 Å². The van der Waals surface area contributed by atoms with Gasteiger partial charge in [-0.25, -0.2) is 0 Å². The minimum absolute atomic E-state index is 0.0974. The van der Waals surface area contributed by atoms with Crippen LogP contribution in [0.5, 0.6) is 5.75 Å². The van der Waals surface area contributed by atoms with Gasteiger partial charge in [-0.2, -0.15) is 0 Å². The number of carbonyl (C=O) groups excluding carboxylic acids is 2. The molecule has 0 saturated carbocycles. The Labute approximate surface area is 189 Å². The van der Waals surface area contributed by atoms with E-state index in [0.717, 1.165) is 31.6 Å². The number of amides is 2. The van der Waals surface area contributed by atoms with Crippen molar-refractivity contribution < 1.29 is 19.1 Å². The predicted octanol–water partition coefficient (Wildman–Crippen LogP) is 3.24. The Bertz CT molecular complexity index is 936. The number of hydrogen-bond acceptors (Lipinski definition) is 5. The minimum Gasteiger partial charge on any atom is -0.477 e. The SMILES string of the molecule is CCC(CC)NC(=O)C1CN(C(=O)c2ccc(N3CCOCC3)cc2)c2ccccc2O1. The quantitative estimate of drug-likeness (QED) is 0.751. The van der Waals surface area contributed by atoms with E-state index in [0.29, 0.717) is 30.2 Å². The maximum Gasteiger partial charge on any atom is 0.263 e. The van der Waals surface area contributed by atoms with Crippen molar-refractivity contribution in [1.29, 1.82) is 0 Å². The lowest BCUT2D eigenvalue weighted by Gasteiger charge is -2.35. The van der Waals surface area contributed by atoms with Crippen molar-refractivity contribution in [3.05, 3.63) is 54.1 Å². The largest absolute Gasteiger partial charge is 0.477 e. The molecule has 1 unspecified atom stereocenters. The monoisotopic (exact) mass is 437 g/mol. The zero-order chi connectivity index (χ0) is 22.5. The number of para-hydroxylation sites is 2. The van der Waals surface area contributed by atoms with Gasteiger partial charge in [-0.05, 0) is 49.2 Å². The van der Waals surface area contributed by atoms with Gasteiger partial charge in [-0.1, -0.05) is 26.0 Å². The lowest BCUT2D eigenvalue weighted by Crippen LogP contribution is -2.52. The van der Waals surface area contributed by atoms with Gasteiger partial charge < -0.3 is 24.6 Å². The van der Waals surface area contributed by atoms with Gasteiger partial charge in [0.2, 0.25) is 0 Å². The van der Waals surface area contributed by atoms with Crippen LogP contribution in [0.1, 0.15) is 37.0 Å². The lowest BCUT2D eigenvalue weighted by atomic mass is 10.1. The van der Waals surface area contributed by atoms with Gasteiger partial charge in [0.1, 0.15) is 5.75 Å². The molecule has 32 heavy (non-hydrogen) atoms. The summed E-state index contributed by atoms with van der Waals surface area (Å²) >= 11 is 0. The molecule has 0 radical (unpaired) electrons. The van der Waals surface area contributed by atoms with E-state index in [-0.39, 0.29) is 24.4 Å². The summed E-state index contributed by atoms with van der Waals surface area (Å²) in [5.74, 6) is 0.213. The van der Waals surface area contributed by atoms with Crippen LogP contribution in [-0.4, -0.2) is 56.8 Å². The Morgan fingerprint density at radius 1 is 1.03 bits per heavy atom. The van der Waals surface area contributed by atoms with E-state index in [1.807, 2.05) is 56.3 Å².